The van der Waals surface area contributed by atoms with Crippen LogP contribution in [0.4, 0.5) is 0 Å². The summed E-state index contributed by atoms with van der Waals surface area (Å²) >= 11 is 0. The van der Waals surface area contributed by atoms with Gasteiger partial charge in [-0.05, 0) is 38.0 Å². The standard InChI is InChI=1S/C23H25NO4/c1-5-11-24-20(16-8-6-7-14(2)12-16)19(22(26)23(24)27)21(25)17-13-15(3)9-10-18(17)28-4/h6-10,12-13,20,25H,5,11H2,1-4H3/b21-19+. The Hall–Kier alpha value is -3.08. The van der Waals surface area contributed by atoms with Gasteiger partial charge in [0, 0.05) is 6.54 Å². The molecule has 2 aromatic rings. The monoisotopic (exact) mass is 379 g/mol. The average molecular weight is 379 g/mol. The minimum absolute atomic E-state index is 0.105. The van der Waals surface area contributed by atoms with Crippen LogP contribution in [0.2, 0.25) is 0 Å². The zero-order chi connectivity index (χ0) is 20.4. The number of methoxy groups -OCH3 is 1. The van der Waals surface area contributed by atoms with E-state index in [-0.39, 0.29) is 11.3 Å². The summed E-state index contributed by atoms with van der Waals surface area (Å²) in [6.07, 6.45) is 0.711. The van der Waals surface area contributed by atoms with E-state index < -0.39 is 17.7 Å². The maximum Gasteiger partial charge on any atom is 0.295 e. The van der Waals surface area contributed by atoms with Crippen LogP contribution >= 0.6 is 0 Å². The summed E-state index contributed by atoms with van der Waals surface area (Å²) in [5.41, 5.74) is 3.26. The Morgan fingerprint density at radius 3 is 2.46 bits per heavy atom. The first-order valence-electron chi connectivity index (χ1n) is 9.39. The molecule has 0 radical (unpaired) electrons. The number of aryl methyl sites for hydroxylation is 2. The number of carbonyl (C=O) groups excluding carboxylic acids is 2. The van der Waals surface area contributed by atoms with Crippen LogP contribution in [0.5, 0.6) is 5.75 Å². The largest absolute Gasteiger partial charge is 0.507 e. The molecule has 1 atom stereocenters. The number of nitrogens with zero attached hydrogens (tertiary/aromatic N) is 1. The number of amides is 1. The molecule has 0 aromatic heterocycles. The predicted molar refractivity (Wildman–Crippen MR) is 108 cm³/mol. The number of benzene rings is 2. The highest BCUT2D eigenvalue weighted by atomic mass is 16.5. The summed E-state index contributed by atoms with van der Waals surface area (Å²) < 4.78 is 5.37. The van der Waals surface area contributed by atoms with E-state index in [1.807, 2.05) is 51.1 Å². The van der Waals surface area contributed by atoms with Crippen LogP contribution in [0.15, 0.2) is 48.0 Å². The van der Waals surface area contributed by atoms with Crippen molar-refractivity contribution in [1.29, 1.82) is 0 Å². The second-order valence-electron chi connectivity index (χ2n) is 7.11. The highest BCUT2D eigenvalue weighted by molar-refractivity contribution is 6.46. The van der Waals surface area contributed by atoms with Crippen LogP contribution in [0.25, 0.3) is 5.76 Å². The molecule has 1 aliphatic heterocycles. The second-order valence-corrected chi connectivity index (χ2v) is 7.11. The number of hydrogen-bond donors (Lipinski definition) is 1. The Labute approximate surface area is 165 Å². The number of rotatable bonds is 5. The molecule has 5 heteroatoms. The molecule has 0 aliphatic carbocycles. The number of aliphatic hydroxyl groups is 1. The van der Waals surface area contributed by atoms with E-state index in [9.17, 15) is 14.7 Å². The molecule has 5 nitrogen and oxygen atoms in total. The van der Waals surface area contributed by atoms with E-state index in [4.69, 9.17) is 4.74 Å². The van der Waals surface area contributed by atoms with E-state index in [0.29, 0.717) is 24.3 Å². The van der Waals surface area contributed by atoms with Crippen molar-refractivity contribution in [3.05, 3.63) is 70.3 Å². The van der Waals surface area contributed by atoms with Gasteiger partial charge in [0.25, 0.3) is 11.7 Å². The lowest BCUT2D eigenvalue weighted by Crippen LogP contribution is -2.30. The molecule has 1 saturated heterocycles. The summed E-state index contributed by atoms with van der Waals surface area (Å²) in [5, 5.41) is 11.1. The fraction of sp³-hybridized carbons (Fsp3) is 0.304. The first-order chi connectivity index (χ1) is 13.4. The van der Waals surface area contributed by atoms with Crippen LogP contribution in [-0.2, 0) is 9.59 Å². The van der Waals surface area contributed by atoms with Gasteiger partial charge in [-0.1, -0.05) is 48.4 Å². The third kappa shape index (κ3) is 3.40. The maximum atomic E-state index is 12.9. The fourth-order valence-corrected chi connectivity index (χ4v) is 3.69. The van der Waals surface area contributed by atoms with E-state index >= 15 is 0 Å². The number of Topliss-reactive ketones (excluding diaryl/α,β-unsaturated/α-hetero) is 1. The molecular formula is C23H25NO4. The minimum Gasteiger partial charge on any atom is -0.507 e. The molecular weight excluding hydrogens is 354 g/mol. The molecule has 1 N–H and O–H groups in total. The van der Waals surface area contributed by atoms with Gasteiger partial charge in [-0.2, -0.15) is 0 Å². The lowest BCUT2D eigenvalue weighted by molar-refractivity contribution is -0.139. The van der Waals surface area contributed by atoms with Gasteiger partial charge >= 0.3 is 0 Å². The second kappa shape index (κ2) is 7.89. The van der Waals surface area contributed by atoms with Gasteiger partial charge in [-0.3, -0.25) is 9.59 Å². The minimum atomic E-state index is -0.666. The first kappa shape index (κ1) is 19.7. The summed E-state index contributed by atoms with van der Waals surface area (Å²) in [6.45, 7) is 6.24. The topological polar surface area (TPSA) is 66.8 Å². The van der Waals surface area contributed by atoms with E-state index in [2.05, 4.69) is 0 Å². The average Bonchev–Trinajstić information content (AvgIpc) is 2.92. The molecule has 3 rings (SSSR count). The Morgan fingerprint density at radius 2 is 1.82 bits per heavy atom. The Balaban J connectivity index is 2.26. The van der Waals surface area contributed by atoms with E-state index in [0.717, 1.165) is 16.7 Å². The number of hydrogen-bond acceptors (Lipinski definition) is 4. The summed E-state index contributed by atoms with van der Waals surface area (Å²) in [7, 11) is 1.51. The number of likely N-dealkylation sites (tertiary alicyclic amines) is 1. The molecule has 1 fully saturated rings. The van der Waals surface area contributed by atoms with Crippen molar-refractivity contribution in [2.75, 3.05) is 13.7 Å². The van der Waals surface area contributed by atoms with Gasteiger partial charge in [0.2, 0.25) is 0 Å². The summed E-state index contributed by atoms with van der Waals surface area (Å²) in [4.78, 5) is 27.2. The van der Waals surface area contributed by atoms with Gasteiger partial charge in [-0.25, -0.2) is 0 Å². The predicted octanol–water partition coefficient (Wildman–Crippen LogP) is 4.14. The number of carbonyl (C=O) groups is 2. The van der Waals surface area contributed by atoms with Crippen molar-refractivity contribution in [3.63, 3.8) is 0 Å². The first-order valence-corrected chi connectivity index (χ1v) is 9.39. The third-order valence-corrected chi connectivity index (χ3v) is 4.97. The van der Waals surface area contributed by atoms with E-state index in [1.165, 1.54) is 7.11 Å². The van der Waals surface area contributed by atoms with Crippen molar-refractivity contribution in [3.8, 4) is 5.75 Å². The van der Waals surface area contributed by atoms with Crippen molar-refractivity contribution < 1.29 is 19.4 Å². The van der Waals surface area contributed by atoms with Crippen LogP contribution in [0.3, 0.4) is 0 Å². The molecule has 28 heavy (non-hydrogen) atoms. The molecule has 0 saturated carbocycles. The lowest BCUT2D eigenvalue weighted by atomic mass is 9.93. The SMILES string of the molecule is CCCN1C(=O)C(=O)/C(=C(/O)c2cc(C)ccc2OC)C1c1cccc(C)c1. The lowest BCUT2D eigenvalue weighted by Gasteiger charge is -2.25. The zero-order valence-electron chi connectivity index (χ0n) is 16.7. The maximum absolute atomic E-state index is 12.9. The molecule has 1 heterocycles. The van der Waals surface area contributed by atoms with Crippen LogP contribution in [0, 0.1) is 13.8 Å². The van der Waals surface area contributed by atoms with E-state index in [1.54, 1.807) is 17.0 Å². The molecule has 1 amide bonds. The van der Waals surface area contributed by atoms with Crippen molar-refractivity contribution in [1.82, 2.24) is 4.90 Å². The molecule has 0 spiro atoms. The number of ether oxygens (including phenoxy) is 1. The highest BCUT2D eigenvalue weighted by Gasteiger charge is 2.45. The van der Waals surface area contributed by atoms with Gasteiger partial charge in [-0.15, -0.1) is 0 Å². The fourth-order valence-electron chi connectivity index (χ4n) is 3.69. The molecule has 2 aromatic carbocycles. The molecule has 0 bridgehead atoms. The van der Waals surface area contributed by atoms with Gasteiger partial charge in [0.1, 0.15) is 11.5 Å². The van der Waals surface area contributed by atoms with Crippen LogP contribution in [-0.4, -0.2) is 35.4 Å². The Morgan fingerprint density at radius 1 is 1.11 bits per heavy atom. The molecule has 1 aliphatic rings. The van der Waals surface area contributed by atoms with Gasteiger partial charge < -0.3 is 14.7 Å². The summed E-state index contributed by atoms with van der Waals surface area (Å²) in [6, 6.07) is 12.4. The Bertz CT molecular complexity index is 961. The highest BCUT2D eigenvalue weighted by Crippen LogP contribution is 2.41. The van der Waals surface area contributed by atoms with Crippen molar-refractivity contribution in [2.45, 2.75) is 33.2 Å². The van der Waals surface area contributed by atoms with Crippen LogP contribution < -0.4 is 4.74 Å². The van der Waals surface area contributed by atoms with Crippen LogP contribution in [0.1, 0.15) is 41.6 Å². The summed E-state index contributed by atoms with van der Waals surface area (Å²) in [5.74, 6) is -1.00. The van der Waals surface area contributed by atoms with Gasteiger partial charge in [0.05, 0.1) is 24.3 Å². The molecule has 1 unspecified atom stereocenters. The van der Waals surface area contributed by atoms with Crippen molar-refractivity contribution >= 4 is 17.4 Å². The van der Waals surface area contributed by atoms with Gasteiger partial charge in [0.15, 0.2) is 0 Å². The zero-order valence-corrected chi connectivity index (χ0v) is 16.7. The smallest absolute Gasteiger partial charge is 0.295 e. The van der Waals surface area contributed by atoms with Crippen molar-refractivity contribution in [2.24, 2.45) is 0 Å². The molecule has 146 valence electrons. The number of ketones is 1. The third-order valence-electron chi connectivity index (χ3n) is 4.97. The number of aliphatic hydroxyl groups excluding tert-OH is 1. The normalized spacial score (nSPS) is 18.6. The Kier molecular flexibility index (Phi) is 5.54. The quantitative estimate of drug-likeness (QED) is 0.482.